The Hall–Kier alpha value is -2.55. The molecule has 1 heterocycles. The quantitative estimate of drug-likeness (QED) is 0.766. The number of nitrogens with zero attached hydrogens (tertiary/aromatic N) is 1. The van der Waals surface area contributed by atoms with Crippen LogP contribution in [0.15, 0.2) is 54.7 Å². The van der Waals surface area contributed by atoms with Crippen LogP contribution in [-0.4, -0.2) is 12.1 Å². The van der Waals surface area contributed by atoms with Crippen LogP contribution in [0.4, 0.5) is 11.4 Å². The van der Waals surface area contributed by atoms with E-state index in [1.165, 1.54) is 5.56 Å². The Labute approximate surface area is 118 Å². The Balaban J connectivity index is 2.08. The Morgan fingerprint density at radius 1 is 1.00 bits per heavy atom. The summed E-state index contributed by atoms with van der Waals surface area (Å²) in [5, 5.41) is 4.54. The van der Waals surface area contributed by atoms with Gasteiger partial charge in [0, 0.05) is 17.3 Å². The Bertz CT molecular complexity index is 753. The maximum absolute atomic E-state index is 5.38. The summed E-state index contributed by atoms with van der Waals surface area (Å²) >= 11 is 0. The molecule has 3 rings (SSSR count). The number of ether oxygens (including phenoxy) is 1. The molecule has 100 valence electrons. The van der Waals surface area contributed by atoms with Gasteiger partial charge in [-0.05, 0) is 37.3 Å². The van der Waals surface area contributed by atoms with Crippen LogP contribution in [0.2, 0.25) is 0 Å². The number of aryl methyl sites for hydroxylation is 1. The standard InChI is InChI=1S/C17H16N2O/c1-12-7-8-14-13(11-12)15(9-10-18-14)19-16-5-3-4-6-17(16)20-2/h3-11H,1-2H3,(H,18,19). The molecule has 0 bridgehead atoms. The highest BCUT2D eigenvalue weighted by Gasteiger charge is 2.06. The molecule has 3 heteroatoms. The van der Waals surface area contributed by atoms with Crippen molar-refractivity contribution in [3.05, 3.63) is 60.3 Å². The fourth-order valence-corrected chi connectivity index (χ4v) is 2.26. The number of methoxy groups -OCH3 is 1. The molecule has 3 nitrogen and oxygen atoms in total. The molecular weight excluding hydrogens is 248 g/mol. The average Bonchev–Trinajstić information content (AvgIpc) is 2.48. The van der Waals surface area contributed by atoms with Crippen molar-refractivity contribution in [2.24, 2.45) is 0 Å². The van der Waals surface area contributed by atoms with Crippen LogP contribution in [0.3, 0.4) is 0 Å². The number of rotatable bonds is 3. The number of nitrogens with one attached hydrogen (secondary N) is 1. The van der Waals surface area contributed by atoms with Gasteiger partial charge in [0.1, 0.15) is 5.75 Å². The lowest BCUT2D eigenvalue weighted by Gasteiger charge is -2.13. The third-order valence-corrected chi connectivity index (χ3v) is 3.27. The second kappa shape index (κ2) is 5.21. The van der Waals surface area contributed by atoms with E-state index >= 15 is 0 Å². The summed E-state index contributed by atoms with van der Waals surface area (Å²) in [4.78, 5) is 4.40. The van der Waals surface area contributed by atoms with Crippen molar-refractivity contribution < 1.29 is 4.74 Å². The number of para-hydroxylation sites is 2. The van der Waals surface area contributed by atoms with E-state index in [-0.39, 0.29) is 0 Å². The maximum Gasteiger partial charge on any atom is 0.142 e. The normalized spacial score (nSPS) is 10.5. The zero-order valence-electron chi connectivity index (χ0n) is 11.6. The largest absolute Gasteiger partial charge is 0.495 e. The summed E-state index contributed by atoms with van der Waals surface area (Å²) < 4.78 is 5.38. The lowest BCUT2D eigenvalue weighted by Crippen LogP contribution is -1.95. The zero-order valence-corrected chi connectivity index (χ0v) is 11.6. The summed E-state index contributed by atoms with van der Waals surface area (Å²) in [6.07, 6.45) is 1.81. The predicted molar refractivity (Wildman–Crippen MR) is 82.8 cm³/mol. The minimum Gasteiger partial charge on any atom is -0.495 e. The van der Waals surface area contributed by atoms with E-state index in [2.05, 4.69) is 29.4 Å². The summed E-state index contributed by atoms with van der Waals surface area (Å²) in [5.74, 6) is 0.824. The van der Waals surface area contributed by atoms with E-state index in [9.17, 15) is 0 Å². The van der Waals surface area contributed by atoms with Gasteiger partial charge < -0.3 is 10.1 Å². The van der Waals surface area contributed by atoms with Gasteiger partial charge in [0.05, 0.1) is 18.3 Å². The van der Waals surface area contributed by atoms with Gasteiger partial charge in [0.25, 0.3) is 0 Å². The van der Waals surface area contributed by atoms with E-state index in [0.717, 1.165) is 28.0 Å². The molecule has 0 amide bonds. The number of hydrogen-bond donors (Lipinski definition) is 1. The molecule has 0 aliphatic rings. The van der Waals surface area contributed by atoms with Crippen molar-refractivity contribution in [3.8, 4) is 5.75 Å². The Morgan fingerprint density at radius 3 is 2.70 bits per heavy atom. The van der Waals surface area contributed by atoms with E-state index in [1.807, 2.05) is 42.6 Å². The molecule has 0 radical (unpaired) electrons. The van der Waals surface area contributed by atoms with Crippen molar-refractivity contribution in [1.82, 2.24) is 4.98 Å². The molecule has 1 N–H and O–H groups in total. The first-order valence-corrected chi connectivity index (χ1v) is 6.53. The van der Waals surface area contributed by atoms with Crippen LogP contribution in [0.25, 0.3) is 10.9 Å². The van der Waals surface area contributed by atoms with Crippen molar-refractivity contribution in [3.63, 3.8) is 0 Å². The third-order valence-electron chi connectivity index (χ3n) is 3.27. The fourth-order valence-electron chi connectivity index (χ4n) is 2.26. The number of pyridine rings is 1. The molecule has 3 aromatic rings. The summed E-state index contributed by atoms with van der Waals surface area (Å²) in [6.45, 7) is 2.08. The molecule has 20 heavy (non-hydrogen) atoms. The average molecular weight is 264 g/mol. The van der Waals surface area contributed by atoms with Crippen LogP contribution < -0.4 is 10.1 Å². The van der Waals surface area contributed by atoms with Gasteiger partial charge in [-0.3, -0.25) is 4.98 Å². The van der Waals surface area contributed by atoms with Crippen molar-refractivity contribution >= 4 is 22.3 Å². The van der Waals surface area contributed by atoms with Crippen molar-refractivity contribution in [2.45, 2.75) is 6.92 Å². The van der Waals surface area contributed by atoms with Crippen LogP contribution >= 0.6 is 0 Å². The molecule has 1 aromatic heterocycles. The highest BCUT2D eigenvalue weighted by molar-refractivity contribution is 5.93. The number of anilines is 2. The molecule has 0 spiro atoms. The van der Waals surface area contributed by atoms with E-state index in [0.29, 0.717) is 0 Å². The first-order valence-electron chi connectivity index (χ1n) is 6.53. The molecule has 0 aliphatic heterocycles. The van der Waals surface area contributed by atoms with E-state index in [4.69, 9.17) is 4.74 Å². The first kappa shape index (κ1) is 12.5. The lowest BCUT2D eigenvalue weighted by atomic mass is 10.1. The molecule has 0 saturated carbocycles. The summed E-state index contributed by atoms with van der Waals surface area (Å²) in [5.41, 5.74) is 4.18. The smallest absolute Gasteiger partial charge is 0.142 e. The monoisotopic (exact) mass is 264 g/mol. The Morgan fingerprint density at radius 2 is 1.85 bits per heavy atom. The lowest BCUT2D eigenvalue weighted by molar-refractivity contribution is 0.417. The summed E-state index contributed by atoms with van der Waals surface area (Å²) in [6, 6.07) is 16.1. The van der Waals surface area contributed by atoms with Gasteiger partial charge in [-0.15, -0.1) is 0 Å². The first-order chi connectivity index (χ1) is 9.78. The highest BCUT2D eigenvalue weighted by atomic mass is 16.5. The topological polar surface area (TPSA) is 34.1 Å². The highest BCUT2D eigenvalue weighted by Crippen LogP contribution is 2.30. The molecular formula is C17H16N2O. The number of aromatic nitrogens is 1. The molecule has 0 aliphatic carbocycles. The predicted octanol–water partition coefficient (Wildman–Crippen LogP) is 4.30. The van der Waals surface area contributed by atoms with Crippen molar-refractivity contribution in [2.75, 3.05) is 12.4 Å². The van der Waals surface area contributed by atoms with Crippen LogP contribution in [-0.2, 0) is 0 Å². The van der Waals surface area contributed by atoms with Gasteiger partial charge in [-0.1, -0.05) is 23.8 Å². The molecule has 0 unspecified atom stereocenters. The van der Waals surface area contributed by atoms with Gasteiger partial charge >= 0.3 is 0 Å². The van der Waals surface area contributed by atoms with Crippen LogP contribution in [0.1, 0.15) is 5.56 Å². The molecule has 0 saturated heterocycles. The van der Waals surface area contributed by atoms with E-state index in [1.54, 1.807) is 7.11 Å². The second-order valence-corrected chi connectivity index (χ2v) is 4.70. The Kier molecular flexibility index (Phi) is 3.25. The van der Waals surface area contributed by atoms with E-state index < -0.39 is 0 Å². The second-order valence-electron chi connectivity index (χ2n) is 4.70. The fraction of sp³-hybridized carbons (Fsp3) is 0.118. The molecule has 0 fully saturated rings. The minimum atomic E-state index is 0.824. The molecule has 0 atom stereocenters. The van der Waals surface area contributed by atoms with Gasteiger partial charge in [-0.25, -0.2) is 0 Å². The van der Waals surface area contributed by atoms with Gasteiger partial charge in [0.15, 0.2) is 0 Å². The van der Waals surface area contributed by atoms with Gasteiger partial charge in [-0.2, -0.15) is 0 Å². The zero-order chi connectivity index (χ0) is 13.9. The SMILES string of the molecule is COc1ccccc1Nc1ccnc2ccc(C)cc12. The van der Waals surface area contributed by atoms with Crippen molar-refractivity contribution in [1.29, 1.82) is 0 Å². The number of hydrogen-bond acceptors (Lipinski definition) is 3. The molecule has 2 aromatic carbocycles. The van der Waals surface area contributed by atoms with Crippen LogP contribution in [0, 0.1) is 6.92 Å². The van der Waals surface area contributed by atoms with Crippen LogP contribution in [0.5, 0.6) is 5.75 Å². The minimum absolute atomic E-state index is 0.824. The number of benzene rings is 2. The number of fused-ring (bicyclic) bond motifs is 1. The van der Waals surface area contributed by atoms with Gasteiger partial charge in [0.2, 0.25) is 0 Å². The summed E-state index contributed by atoms with van der Waals surface area (Å²) in [7, 11) is 1.68. The third kappa shape index (κ3) is 2.30. The maximum atomic E-state index is 5.38.